The molecule has 3 fully saturated rings. The number of amides is 4. The van der Waals surface area contributed by atoms with Gasteiger partial charge in [0.05, 0.1) is 24.4 Å². The second kappa shape index (κ2) is 17.7. The van der Waals surface area contributed by atoms with Crippen LogP contribution < -0.4 is 46.1 Å². The summed E-state index contributed by atoms with van der Waals surface area (Å²) < 4.78 is 12.6. The van der Waals surface area contributed by atoms with Gasteiger partial charge in [0.2, 0.25) is 17.8 Å². The number of carbonyl (C=O) groups is 4. The molecule has 0 spiro atoms. The zero-order chi connectivity index (χ0) is 42.7. The molecule has 0 aliphatic carbocycles. The van der Waals surface area contributed by atoms with Gasteiger partial charge in [0.1, 0.15) is 16.8 Å². The number of piperazine rings is 1. The fourth-order valence-corrected chi connectivity index (χ4v) is 8.44. The van der Waals surface area contributed by atoms with Crippen molar-refractivity contribution in [1.82, 2.24) is 35.4 Å². The molecule has 4 aromatic rings. The van der Waals surface area contributed by atoms with E-state index < -0.39 is 17.9 Å². The van der Waals surface area contributed by atoms with Crippen molar-refractivity contribution in [1.29, 1.82) is 0 Å². The number of carbonyl (C=O) groups excluding carboxylic acids is 4. The van der Waals surface area contributed by atoms with Crippen molar-refractivity contribution in [2.45, 2.75) is 51.1 Å². The Morgan fingerprint density at radius 3 is 2.40 bits per heavy atom. The minimum atomic E-state index is -0.768. The van der Waals surface area contributed by atoms with E-state index in [-0.39, 0.29) is 48.1 Å². The number of imide groups is 1. The van der Waals surface area contributed by atoms with Crippen LogP contribution in [0.5, 0.6) is 11.5 Å². The van der Waals surface area contributed by atoms with Crippen LogP contribution in [0.15, 0.2) is 53.5 Å². The summed E-state index contributed by atoms with van der Waals surface area (Å²) in [7, 11) is 4.68. The molecule has 7 rings (SSSR count). The molecule has 1 atom stereocenters. The van der Waals surface area contributed by atoms with Gasteiger partial charge in [0.25, 0.3) is 17.4 Å². The quantitative estimate of drug-likeness (QED) is 0.152. The highest BCUT2D eigenvalue weighted by atomic mass is 35.5. The fraction of sp³-hybridized carbons (Fsp3) is 0.452. The van der Waals surface area contributed by atoms with Gasteiger partial charge in [-0.2, -0.15) is 4.98 Å². The standard InChI is InChI=1S/C42H51ClN10O7/c1-42(2,26-12-14-51(15-13-26)28-7-8-29(33(22-28)59-5)38(56)47-31-9-11-35(54)48-39(31)57)53-18-16-52(17-19-53)41-45-23-30(43)37(49-41)46-27-6-10-32-25(20-27)21-34(40(58)50(32)4)60-24-36(55)44-3/h6-8,10,20-23,26,31H,9,11-19,24H2,1-5H3,(H,44,55)(H,47,56)(H,45,46,49)(H,48,54,57). The maximum atomic E-state index is 13.1. The van der Waals surface area contributed by atoms with E-state index in [1.54, 1.807) is 25.4 Å². The molecule has 3 aliphatic heterocycles. The van der Waals surface area contributed by atoms with E-state index in [0.29, 0.717) is 45.2 Å². The number of rotatable bonds is 12. The minimum absolute atomic E-state index is 0.0473. The summed E-state index contributed by atoms with van der Waals surface area (Å²) in [4.78, 5) is 77.8. The number of nitrogens with zero attached hydrogens (tertiary/aromatic N) is 6. The zero-order valence-electron chi connectivity index (χ0n) is 34.5. The van der Waals surface area contributed by atoms with Gasteiger partial charge in [-0.05, 0) is 75.4 Å². The third-order valence-electron chi connectivity index (χ3n) is 12.0. The van der Waals surface area contributed by atoms with Crippen LogP contribution in [0.4, 0.5) is 23.1 Å². The number of aryl methyl sites for hydroxylation is 1. The second-order valence-corrected chi connectivity index (χ2v) is 16.3. The number of hydrogen-bond donors (Lipinski definition) is 4. The largest absolute Gasteiger partial charge is 0.496 e. The van der Waals surface area contributed by atoms with Crippen LogP contribution in [-0.4, -0.2) is 115 Å². The summed E-state index contributed by atoms with van der Waals surface area (Å²) in [5.74, 6) is 0.400. The van der Waals surface area contributed by atoms with Crippen molar-refractivity contribution in [3.8, 4) is 11.5 Å². The number of anilines is 4. The van der Waals surface area contributed by atoms with E-state index in [4.69, 9.17) is 26.1 Å². The fourth-order valence-electron chi connectivity index (χ4n) is 8.30. The van der Waals surface area contributed by atoms with Crippen molar-refractivity contribution in [3.63, 3.8) is 0 Å². The zero-order valence-corrected chi connectivity index (χ0v) is 35.2. The lowest BCUT2D eigenvalue weighted by Gasteiger charge is -2.50. The molecule has 3 aliphatic rings. The summed E-state index contributed by atoms with van der Waals surface area (Å²) in [5.41, 5.74) is 2.31. The number of ether oxygens (including phenoxy) is 2. The second-order valence-electron chi connectivity index (χ2n) is 15.9. The summed E-state index contributed by atoms with van der Waals surface area (Å²) in [6.45, 7) is 9.29. The van der Waals surface area contributed by atoms with Crippen LogP contribution in [-0.2, 0) is 21.4 Å². The molecule has 60 heavy (non-hydrogen) atoms. The first kappa shape index (κ1) is 42.2. The molecular weight excluding hydrogens is 792 g/mol. The first-order chi connectivity index (χ1) is 28.7. The van der Waals surface area contributed by atoms with Gasteiger partial charge in [0.15, 0.2) is 18.2 Å². The number of hydrogen-bond acceptors (Lipinski definition) is 13. The molecule has 0 saturated carbocycles. The topological polar surface area (TPSA) is 192 Å². The average molecular weight is 843 g/mol. The van der Waals surface area contributed by atoms with E-state index >= 15 is 0 Å². The molecule has 1 unspecified atom stereocenters. The Labute approximate surface area is 352 Å². The first-order valence-electron chi connectivity index (χ1n) is 20.1. The number of likely N-dealkylation sites (N-methyl/N-ethyl adjacent to an activating group) is 1. The van der Waals surface area contributed by atoms with Gasteiger partial charge in [0, 0.05) is 88.2 Å². The van der Waals surface area contributed by atoms with Crippen molar-refractivity contribution >= 4 is 69.3 Å². The number of nitrogens with one attached hydrogen (secondary N) is 4. The lowest BCUT2D eigenvalue weighted by Crippen LogP contribution is -2.59. The summed E-state index contributed by atoms with van der Waals surface area (Å²) in [5, 5.41) is 11.9. The molecule has 0 radical (unpaired) electrons. The Bertz CT molecular complexity index is 2360. The Balaban J connectivity index is 0.942. The lowest BCUT2D eigenvalue weighted by molar-refractivity contribution is -0.134. The van der Waals surface area contributed by atoms with Crippen LogP contribution in [0.1, 0.15) is 49.9 Å². The summed E-state index contributed by atoms with van der Waals surface area (Å²) >= 11 is 6.59. The van der Waals surface area contributed by atoms with E-state index in [1.165, 1.54) is 18.7 Å². The molecule has 18 heteroatoms. The van der Waals surface area contributed by atoms with E-state index in [9.17, 15) is 24.0 Å². The Kier molecular flexibility index (Phi) is 12.5. The highest BCUT2D eigenvalue weighted by molar-refractivity contribution is 6.33. The van der Waals surface area contributed by atoms with Gasteiger partial charge in [-0.15, -0.1) is 0 Å². The maximum Gasteiger partial charge on any atom is 0.293 e. The molecule has 4 amide bonds. The average Bonchev–Trinajstić information content (AvgIpc) is 3.25. The third kappa shape index (κ3) is 8.96. The first-order valence-corrected chi connectivity index (χ1v) is 20.5. The maximum absolute atomic E-state index is 13.1. The molecule has 318 valence electrons. The number of methoxy groups -OCH3 is 1. The van der Waals surface area contributed by atoms with E-state index in [1.807, 2.05) is 30.3 Å². The SMILES string of the molecule is CNC(=O)COc1cc2cc(Nc3nc(N4CCN(C(C)(C)C5CCN(c6ccc(C(=O)NC7CCC(=O)NC7=O)c(OC)c6)CC5)CC4)ncc3Cl)ccc2n(C)c1=O. The minimum Gasteiger partial charge on any atom is -0.496 e. The Morgan fingerprint density at radius 1 is 0.950 bits per heavy atom. The summed E-state index contributed by atoms with van der Waals surface area (Å²) in [6, 6.07) is 11.9. The molecule has 0 bridgehead atoms. The van der Waals surface area contributed by atoms with Gasteiger partial charge < -0.3 is 39.8 Å². The van der Waals surface area contributed by atoms with Crippen LogP contribution in [0.3, 0.4) is 0 Å². The number of halogens is 1. The van der Waals surface area contributed by atoms with Crippen molar-refractivity contribution in [2.75, 3.05) is 75.1 Å². The number of aromatic nitrogens is 3. The smallest absolute Gasteiger partial charge is 0.293 e. The molecule has 3 saturated heterocycles. The molecule has 5 heterocycles. The van der Waals surface area contributed by atoms with E-state index in [2.05, 4.69) is 54.8 Å². The van der Waals surface area contributed by atoms with Crippen molar-refractivity contribution in [3.05, 3.63) is 69.6 Å². The van der Waals surface area contributed by atoms with Crippen LogP contribution in [0, 0.1) is 5.92 Å². The molecule has 2 aromatic carbocycles. The molecule has 17 nitrogen and oxygen atoms in total. The Hall–Kier alpha value is -5.94. The predicted octanol–water partition coefficient (Wildman–Crippen LogP) is 3.21. The number of pyridine rings is 1. The molecular formula is C42H51ClN10O7. The number of benzene rings is 2. The van der Waals surface area contributed by atoms with Gasteiger partial charge in [-0.1, -0.05) is 11.6 Å². The van der Waals surface area contributed by atoms with Crippen LogP contribution in [0.2, 0.25) is 5.02 Å². The number of fused-ring (bicyclic) bond motifs is 1. The highest BCUT2D eigenvalue weighted by Crippen LogP contribution is 2.37. The van der Waals surface area contributed by atoms with Gasteiger partial charge in [-0.25, -0.2) is 4.98 Å². The predicted molar refractivity (Wildman–Crippen MR) is 229 cm³/mol. The van der Waals surface area contributed by atoms with Gasteiger partial charge >= 0.3 is 0 Å². The van der Waals surface area contributed by atoms with Crippen molar-refractivity contribution < 1.29 is 28.7 Å². The summed E-state index contributed by atoms with van der Waals surface area (Å²) in [6.07, 6.45) is 4.04. The normalized spacial score (nSPS) is 17.9. The Morgan fingerprint density at radius 2 is 1.70 bits per heavy atom. The molecule has 4 N–H and O–H groups in total. The molecule has 2 aromatic heterocycles. The third-order valence-corrected chi connectivity index (χ3v) is 12.3. The van der Waals surface area contributed by atoms with Crippen LogP contribution >= 0.6 is 11.6 Å². The highest BCUT2D eigenvalue weighted by Gasteiger charge is 2.39. The lowest BCUT2D eigenvalue weighted by atomic mass is 9.78. The number of piperidine rings is 2. The van der Waals surface area contributed by atoms with Crippen LogP contribution in [0.25, 0.3) is 10.9 Å². The van der Waals surface area contributed by atoms with E-state index in [0.717, 1.165) is 63.2 Å². The van der Waals surface area contributed by atoms with Gasteiger partial charge in [-0.3, -0.25) is 34.2 Å². The van der Waals surface area contributed by atoms with Crippen molar-refractivity contribution in [2.24, 2.45) is 13.0 Å². The monoisotopic (exact) mass is 842 g/mol.